The van der Waals surface area contributed by atoms with Gasteiger partial charge in [0.15, 0.2) is 17.3 Å². The Kier molecular flexibility index (Phi) is 2.03. The van der Waals surface area contributed by atoms with Crippen LogP contribution in [0.15, 0.2) is 12.1 Å². The molecule has 0 N–H and O–H groups in total. The van der Waals surface area contributed by atoms with E-state index in [1.54, 1.807) is 0 Å². The van der Waals surface area contributed by atoms with Crippen molar-refractivity contribution in [1.82, 2.24) is 0 Å². The van der Waals surface area contributed by atoms with Crippen LogP contribution in [0.25, 0.3) is 0 Å². The van der Waals surface area contributed by atoms with Gasteiger partial charge in [0, 0.05) is 12.0 Å². The van der Waals surface area contributed by atoms with Gasteiger partial charge in [0.1, 0.15) is 11.7 Å². The van der Waals surface area contributed by atoms with Crippen LogP contribution in [0.1, 0.15) is 43.1 Å². The van der Waals surface area contributed by atoms with E-state index in [9.17, 15) is 4.79 Å². The van der Waals surface area contributed by atoms with E-state index >= 15 is 0 Å². The van der Waals surface area contributed by atoms with Crippen molar-refractivity contribution in [2.75, 3.05) is 0 Å². The second-order valence-electron chi connectivity index (χ2n) is 5.52. The van der Waals surface area contributed by atoms with Crippen molar-refractivity contribution in [3.63, 3.8) is 0 Å². The number of hydrogen-bond acceptors (Lipinski definition) is 3. The number of benzene rings is 1. The van der Waals surface area contributed by atoms with Gasteiger partial charge in [0.05, 0.1) is 12.0 Å². The van der Waals surface area contributed by atoms with E-state index in [2.05, 4.69) is 0 Å². The summed E-state index contributed by atoms with van der Waals surface area (Å²) in [6, 6.07) is 3.85. The first-order chi connectivity index (χ1) is 7.96. The first-order valence-electron chi connectivity index (χ1n) is 6.01. The highest BCUT2D eigenvalue weighted by molar-refractivity contribution is 6.01. The molecule has 2 aliphatic heterocycles. The third-order valence-corrected chi connectivity index (χ3v) is 3.29. The van der Waals surface area contributed by atoms with Crippen LogP contribution in [0.2, 0.25) is 0 Å². The second kappa shape index (κ2) is 3.25. The van der Waals surface area contributed by atoms with Crippen molar-refractivity contribution >= 4 is 5.78 Å². The zero-order valence-corrected chi connectivity index (χ0v) is 10.4. The summed E-state index contributed by atoms with van der Waals surface area (Å²) >= 11 is 0. The van der Waals surface area contributed by atoms with E-state index in [4.69, 9.17) is 9.47 Å². The van der Waals surface area contributed by atoms with Crippen LogP contribution >= 0.6 is 0 Å². The van der Waals surface area contributed by atoms with Gasteiger partial charge in [-0.3, -0.25) is 4.79 Å². The van der Waals surface area contributed by atoms with Gasteiger partial charge in [-0.15, -0.1) is 0 Å². The van der Waals surface area contributed by atoms with Gasteiger partial charge in [-0.25, -0.2) is 0 Å². The molecule has 3 nitrogen and oxygen atoms in total. The topological polar surface area (TPSA) is 35.5 Å². The first-order valence-corrected chi connectivity index (χ1v) is 6.01. The predicted molar refractivity (Wildman–Crippen MR) is 63.9 cm³/mol. The SMILES string of the molecule is CC1Cc2ccc3c(c2O1)OC(C)(C)CC3=O. The van der Waals surface area contributed by atoms with Gasteiger partial charge < -0.3 is 9.47 Å². The van der Waals surface area contributed by atoms with Crippen molar-refractivity contribution in [1.29, 1.82) is 0 Å². The fourth-order valence-corrected chi connectivity index (χ4v) is 2.56. The van der Waals surface area contributed by atoms with Gasteiger partial charge in [-0.2, -0.15) is 0 Å². The molecule has 0 aromatic heterocycles. The van der Waals surface area contributed by atoms with E-state index in [0.717, 1.165) is 17.7 Å². The van der Waals surface area contributed by atoms with Gasteiger partial charge in [-0.1, -0.05) is 6.07 Å². The fraction of sp³-hybridized carbons (Fsp3) is 0.500. The standard InChI is InChI=1S/C14H16O3/c1-8-6-9-4-5-10-11(15)7-14(2,3)17-13(10)12(9)16-8/h4-5,8H,6-7H2,1-3H3. The lowest BCUT2D eigenvalue weighted by Crippen LogP contribution is -2.36. The van der Waals surface area contributed by atoms with Crippen molar-refractivity contribution < 1.29 is 14.3 Å². The summed E-state index contributed by atoms with van der Waals surface area (Å²) < 4.78 is 11.7. The van der Waals surface area contributed by atoms with Gasteiger partial charge in [0.25, 0.3) is 0 Å². The number of rotatable bonds is 0. The average Bonchev–Trinajstić information content (AvgIpc) is 2.57. The van der Waals surface area contributed by atoms with Crippen LogP contribution in [-0.4, -0.2) is 17.5 Å². The normalized spacial score (nSPS) is 24.6. The Morgan fingerprint density at radius 2 is 2.06 bits per heavy atom. The maximum atomic E-state index is 12.0. The Morgan fingerprint density at radius 3 is 2.82 bits per heavy atom. The van der Waals surface area contributed by atoms with Crippen LogP contribution < -0.4 is 9.47 Å². The fourth-order valence-electron chi connectivity index (χ4n) is 2.56. The molecule has 1 atom stereocenters. The number of Topliss-reactive ketones (excluding diaryl/α,β-unsaturated/α-hetero) is 1. The van der Waals surface area contributed by atoms with Crippen LogP contribution in [0.5, 0.6) is 11.5 Å². The molecule has 0 fully saturated rings. The van der Waals surface area contributed by atoms with Gasteiger partial charge >= 0.3 is 0 Å². The Labute approximate surface area is 101 Å². The Hall–Kier alpha value is -1.51. The van der Waals surface area contributed by atoms with E-state index < -0.39 is 5.60 Å². The monoisotopic (exact) mass is 232 g/mol. The van der Waals surface area contributed by atoms with E-state index in [0.29, 0.717) is 17.7 Å². The third kappa shape index (κ3) is 1.61. The molecule has 0 aliphatic carbocycles. The summed E-state index contributed by atoms with van der Waals surface area (Å²) in [6.07, 6.45) is 1.48. The highest BCUT2D eigenvalue weighted by atomic mass is 16.5. The van der Waals surface area contributed by atoms with E-state index in [1.165, 1.54) is 0 Å². The van der Waals surface area contributed by atoms with Crippen LogP contribution in [-0.2, 0) is 6.42 Å². The van der Waals surface area contributed by atoms with Gasteiger partial charge in [0.2, 0.25) is 0 Å². The molecule has 1 aromatic carbocycles. The Morgan fingerprint density at radius 1 is 1.29 bits per heavy atom. The summed E-state index contributed by atoms with van der Waals surface area (Å²) in [4.78, 5) is 12.0. The number of carbonyl (C=O) groups is 1. The molecular formula is C14H16O3. The second-order valence-corrected chi connectivity index (χ2v) is 5.52. The lowest BCUT2D eigenvalue weighted by molar-refractivity contribution is 0.0593. The third-order valence-electron chi connectivity index (χ3n) is 3.29. The van der Waals surface area contributed by atoms with Crippen LogP contribution in [0.4, 0.5) is 0 Å². The number of ether oxygens (including phenoxy) is 2. The van der Waals surface area contributed by atoms with Crippen molar-refractivity contribution in [3.8, 4) is 11.5 Å². The van der Waals surface area contributed by atoms with Crippen molar-refractivity contribution in [2.45, 2.75) is 45.3 Å². The minimum atomic E-state index is -0.436. The Balaban J connectivity index is 2.15. The highest BCUT2D eigenvalue weighted by Crippen LogP contribution is 2.45. The predicted octanol–water partition coefficient (Wildman–Crippen LogP) is 2.75. The molecule has 17 heavy (non-hydrogen) atoms. The minimum absolute atomic E-state index is 0.141. The number of carbonyl (C=O) groups excluding carboxylic acids is 1. The zero-order valence-electron chi connectivity index (χ0n) is 10.4. The average molecular weight is 232 g/mol. The molecular weight excluding hydrogens is 216 g/mol. The van der Waals surface area contributed by atoms with Crippen molar-refractivity contribution in [3.05, 3.63) is 23.3 Å². The summed E-state index contributed by atoms with van der Waals surface area (Å²) in [7, 11) is 0. The molecule has 0 bridgehead atoms. The quantitative estimate of drug-likeness (QED) is 0.690. The molecule has 2 heterocycles. The van der Waals surface area contributed by atoms with Crippen molar-refractivity contribution in [2.24, 2.45) is 0 Å². The number of hydrogen-bond donors (Lipinski definition) is 0. The molecule has 3 rings (SSSR count). The smallest absolute Gasteiger partial charge is 0.173 e. The largest absolute Gasteiger partial charge is 0.486 e. The Bertz CT molecular complexity index is 502. The molecule has 2 aliphatic rings. The first kappa shape index (κ1) is 10.6. The molecule has 3 heteroatoms. The van der Waals surface area contributed by atoms with Crippen LogP contribution in [0, 0.1) is 0 Å². The highest BCUT2D eigenvalue weighted by Gasteiger charge is 2.37. The molecule has 0 saturated heterocycles. The molecule has 90 valence electrons. The summed E-state index contributed by atoms with van der Waals surface area (Å²) in [5.41, 5.74) is 1.37. The van der Waals surface area contributed by atoms with E-state index in [-0.39, 0.29) is 11.9 Å². The van der Waals surface area contributed by atoms with Gasteiger partial charge in [-0.05, 0) is 26.8 Å². The zero-order chi connectivity index (χ0) is 12.2. The molecule has 0 amide bonds. The van der Waals surface area contributed by atoms with Crippen LogP contribution in [0.3, 0.4) is 0 Å². The number of fused-ring (bicyclic) bond motifs is 3. The summed E-state index contributed by atoms with van der Waals surface area (Å²) in [6.45, 7) is 5.90. The van der Waals surface area contributed by atoms with E-state index in [1.807, 2.05) is 32.9 Å². The molecule has 1 unspecified atom stereocenters. The maximum absolute atomic E-state index is 12.0. The summed E-state index contributed by atoms with van der Waals surface area (Å²) in [5, 5.41) is 0. The lowest BCUT2D eigenvalue weighted by Gasteiger charge is -2.32. The maximum Gasteiger partial charge on any atom is 0.173 e. The molecule has 0 spiro atoms. The molecule has 0 radical (unpaired) electrons. The molecule has 1 aromatic rings. The number of ketones is 1. The molecule has 0 saturated carbocycles. The lowest BCUT2D eigenvalue weighted by atomic mass is 9.92. The minimum Gasteiger partial charge on any atom is -0.486 e. The summed E-state index contributed by atoms with van der Waals surface area (Å²) in [5.74, 6) is 1.56.